The number of carbonyl (C=O) groups is 1. The Balaban J connectivity index is 1.48. The lowest BCUT2D eigenvalue weighted by molar-refractivity contribution is 0.0658. The van der Waals surface area contributed by atoms with Crippen molar-refractivity contribution in [3.05, 3.63) is 77.9 Å². The third-order valence-corrected chi connectivity index (χ3v) is 5.67. The van der Waals surface area contributed by atoms with Crippen molar-refractivity contribution in [1.29, 1.82) is 0 Å². The number of aromatic nitrogens is 1. The number of amides is 1. The van der Waals surface area contributed by atoms with Crippen LogP contribution in [0, 0.1) is 0 Å². The summed E-state index contributed by atoms with van der Waals surface area (Å²) < 4.78 is 11.3. The molecule has 0 spiro atoms. The second-order valence-electron chi connectivity index (χ2n) is 7.79. The largest absolute Gasteiger partial charge is 0.468 e. The molecule has 1 aromatic carbocycles. The Hall–Kier alpha value is -2.90. The molecule has 0 radical (unpaired) electrons. The number of nitrogens with zero attached hydrogens (tertiary/aromatic N) is 4. The minimum Gasteiger partial charge on any atom is -0.468 e. The maximum atomic E-state index is 12.8. The number of piperazine rings is 1. The Labute approximate surface area is 176 Å². The smallest absolute Gasteiger partial charge is 0.275 e. The van der Waals surface area contributed by atoms with E-state index in [2.05, 4.69) is 40.9 Å². The van der Waals surface area contributed by atoms with Crippen molar-refractivity contribution in [3.8, 4) is 0 Å². The average Bonchev–Trinajstić information content (AvgIpc) is 3.46. The maximum Gasteiger partial charge on any atom is 0.275 e. The van der Waals surface area contributed by atoms with Gasteiger partial charge in [0, 0.05) is 32.2 Å². The maximum absolute atomic E-state index is 12.8. The molecule has 1 amide bonds. The van der Waals surface area contributed by atoms with Gasteiger partial charge >= 0.3 is 0 Å². The second-order valence-corrected chi connectivity index (χ2v) is 7.79. The molecule has 0 saturated carbocycles. The molecule has 0 bridgehead atoms. The molecular formula is C23H28N4O3. The Morgan fingerprint density at radius 3 is 2.53 bits per heavy atom. The first kappa shape index (κ1) is 20.4. The third-order valence-electron chi connectivity index (χ3n) is 5.67. The van der Waals surface area contributed by atoms with Crippen LogP contribution >= 0.6 is 0 Å². The fourth-order valence-corrected chi connectivity index (χ4v) is 3.70. The molecule has 0 aliphatic carbocycles. The van der Waals surface area contributed by atoms with Crippen LogP contribution in [0.1, 0.15) is 40.7 Å². The second kappa shape index (κ2) is 9.28. The molecule has 3 heterocycles. The molecule has 0 N–H and O–H groups in total. The first-order valence-corrected chi connectivity index (χ1v) is 10.3. The van der Waals surface area contributed by atoms with Crippen molar-refractivity contribution < 1.29 is 13.6 Å². The number of hydrogen-bond donors (Lipinski definition) is 0. The van der Waals surface area contributed by atoms with Crippen LogP contribution in [0.3, 0.4) is 0 Å². The molecule has 1 aliphatic heterocycles. The highest BCUT2D eigenvalue weighted by molar-refractivity contribution is 5.92. The van der Waals surface area contributed by atoms with Gasteiger partial charge in [-0.3, -0.25) is 9.69 Å². The molecule has 7 heteroatoms. The molecule has 1 atom stereocenters. The molecule has 4 rings (SSSR count). The fourth-order valence-electron chi connectivity index (χ4n) is 3.70. The van der Waals surface area contributed by atoms with Gasteiger partial charge in [0.05, 0.1) is 19.4 Å². The van der Waals surface area contributed by atoms with Crippen molar-refractivity contribution in [2.75, 3.05) is 33.2 Å². The van der Waals surface area contributed by atoms with Crippen molar-refractivity contribution in [2.45, 2.75) is 26.1 Å². The number of rotatable bonds is 7. The molecule has 158 valence electrons. The van der Waals surface area contributed by atoms with Crippen molar-refractivity contribution in [3.63, 3.8) is 0 Å². The van der Waals surface area contributed by atoms with Gasteiger partial charge in [-0.15, -0.1) is 0 Å². The lowest BCUT2D eigenvalue weighted by atomic mass is 10.1. The van der Waals surface area contributed by atoms with Gasteiger partial charge in [-0.2, -0.15) is 0 Å². The minimum absolute atomic E-state index is 0.0632. The fraction of sp³-hybridized carbons (Fsp3) is 0.391. The van der Waals surface area contributed by atoms with Crippen LogP contribution in [0.25, 0.3) is 0 Å². The summed E-state index contributed by atoms with van der Waals surface area (Å²) in [5.41, 5.74) is 1.57. The van der Waals surface area contributed by atoms with E-state index < -0.39 is 0 Å². The van der Waals surface area contributed by atoms with Crippen LogP contribution in [0.4, 0.5) is 0 Å². The van der Waals surface area contributed by atoms with Gasteiger partial charge in [-0.1, -0.05) is 30.3 Å². The standard InChI is InChI=1S/C23H28N4O3/c1-18(19-7-4-3-5-8-19)27(15-20-9-6-14-29-20)16-22-24-21(17-30-22)23(28)26-12-10-25(2)11-13-26/h3-9,14,17-18H,10-13,15-16H2,1-2H3. The summed E-state index contributed by atoms with van der Waals surface area (Å²) >= 11 is 0. The molecular weight excluding hydrogens is 380 g/mol. The number of carbonyl (C=O) groups excluding carboxylic acids is 1. The first-order valence-electron chi connectivity index (χ1n) is 10.3. The molecule has 1 aliphatic rings. The zero-order valence-electron chi connectivity index (χ0n) is 17.5. The Morgan fingerprint density at radius 2 is 1.83 bits per heavy atom. The summed E-state index contributed by atoms with van der Waals surface area (Å²) in [5, 5.41) is 0. The summed E-state index contributed by atoms with van der Waals surface area (Å²) in [4.78, 5) is 23.6. The number of hydrogen-bond acceptors (Lipinski definition) is 6. The summed E-state index contributed by atoms with van der Waals surface area (Å²) in [7, 11) is 2.07. The van der Waals surface area contributed by atoms with Gasteiger partial charge in [-0.25, -0.2) is 4.98 Å². The van der Waals surface area contributed by atoms with E-state index in [1.807, 2.05) is 35.2 Å². The molecule has 1 saturated heterocycles. The van der Waals surface area contributed by atoms with Gasteiger partial charge < -0.3 is 18.6 Å². The summed E-state index contributed by atoms with van der Waals surface area (Å²) in [6, 6.07) is 14.3. The van der Waals surface area contributed by atoms with E-state index in [1.54, 1.807) is 6.26 Å². The van der Waals surface area contributed by atoms with Crippen molar-refractivity contribution in [1.82, 2.24) is 19.7 Å². The van der Waals surface area contributed by atoms with E-state index in [0.29, 0.717) is 37.8 Å². The van der Waals surface area contributed by atoms with Crippen LogP contribution < -0.4 is 0 Å². The number of benzene rings is 1. The minimum atomic E-state index is -0.0632. The van der Waals surface area contributed by atoms with Crippen LogP contribution in [0.2, 0.25) is 0 Å². The highest BCUT2D eigenvalue weighted by Crippen LogP contribution is 2.24. The van der Waals surface area contributed by atoms with Gasteiger partial charge in [0.2, 0.25) is 5.89 Å². The number of likely N-dealkylation sites (N-methyl/N-ethyl adjacent to an activating group) is 1. The Kier molecular flexibility index (Phi) is 6.30. The lowest BCUT2D eigenvalue weighted by Crippen LogP contribution is -2.47. The van der Waals surface area contributed by atoms with Gasteiger partial charge in [-0.05, 0) is 31.7 Å². The van der Waals surface area contributed by atoms with Crippen molar-refractivity contribution >= 4 is 5.91 Å². The molecule has 2 aromatic heterocycles. The van der Waals surface area contributed by atoms with Crippen LogP contribution in [0.15, 0.2) is 63.8 Å². The summed E-state index contributed by atoms with van der Waals surface area (Å²) in [6.45, 7) is 6.43. The normalized spacial score (nSPS) is 16.2. The van der Waals surface area contributed by atoms with Crippen LogP contribution in [-0.4, -0.2) is 58.8 Å². The highest BCUT2D eigenvalue weighted by atomic mass is 16.3. The Bertz CT molecular complexity index is 931. The zero-order chi connectivity index (χ0) is 20.9. The highest BCUT2D eigenvalue weighted by Gasteiger charge is 2.25. The summed E-state index contributed by atoms with van der Waals surface area (Å²) in [6.07, 6.45) is 3.16. The van der Waals surface area contributed by atoms with Crippen molar-refractivity contribution in [2.24, 2.45) is 0 Å². The van der Waals surface area contributed by atoms with Gasteiger partial charge in [0.25, 0.3) is 5.91 Å². The number of oxazole rings is 1. The predicted molar refractivity (Wildman–Crippen MR) is 113 cm³/mol. The summed E-state index contributed by atoms with van der Waals surface area (Å²) in [5.74, 6) is 1.34. The zero-order valence-corrected chi connectivity index (χ0v) is 17.5. The van der Waals surface area contributed by atoms with Crippen LogP contribution in [0.5, 0.6) is 0 Å². The van der Waals surface area contributed by atoms with E-state index in [1.165, 1.54) is 11.8 Å². The quantitative estimate of drug-likeness (QED) is 0.597. The Morgan fingerprint density at radius 1 is 1.07 bits per heavy atom. The van der Waals surface area contributed by atoms with E-state index in [-0.39, 0.29) is 11.9 Å². The molecule has 30 heavy (non-hydrogen) atoms. The topological polar surface area (TPSA) is 66.0 Å². The number of furan rings is 1. The van der Waals surface area contributed by atoms with E-state index in [9.17, 15) is 4.79 Å². The van der Waals surface area contributed by atoms with E-state index >= 15 is 0 Å². The average molecular weight is 409 g/mol. The van der Waals surface area contributed by atoms with E-state index in [4.69, 9.17) is 8.83 Å². The first-order chi connectivity index (χ1) is 14.6. The molecule has 3 aromatic rings. The molecule has 7 nitrogen and oxygen atoms in total. The van der Waals surface area contributed by atoms with Crippen LogP contribution in [-0.2, 0) is 13.1 Å². The molecule has 1 fully saturated rings. The monoisotopic (exact) mass is 408 g/mol. The van der Waals surface area contributed by atoms with Gasteiger partial charge in [0.15, 0.2) is 5.69 Å². The van der Waals surface area contributed by atoms with E-state index in [0.717, 1.165) is 18.8 Å². The SMILES string of the molecule is CC(c1ccccc1)N(Cc1ccco1)Cc1nc(C(=O)N2CCN(C)CC2)co1. The van der Waals surface area contributed by atoms with Gasteiger partial charge in [0.1, 0.15) is 12.0 Å². The lowest BCUT2D eigenvalue weighted by Gasteiger charge is -2.31. The third kappa shape index (κ3) is 4.80. The molecule has 1 unspecified atom stereocenters. The predicted octanol–water partition coefficient (Wildman–Crippen LogP) is 3.42.